The maximum atomic E-state index is 15.3. The van der Waals surface area contributed by atoms with E-state index < -0.39 is 11.6 Å². The van der Waals surface area contributed by atoms with Crippen LogP contribution in [0.5, 0.6) is 0 Å². The van der Waals surface area contributed by atoms with Gasteiger partial charge in [0.2, 0.25) is 0 Å². The van der Waals surface area contributed by atoms with E-state index in [4.69, 9.17) is 11.6 Å². The molecule has 3 aromatic rings. The Morgan fingerprint density at radius 3 is 2.38 bits per heavy atom. The standard InChI is InChI=1S/C26H25ClF2/c1-2-3-4-5-6-7-17-8-13-21-19(14-17)15-23-22(21)16-24(28)25(26(23)29)18-9-11-20(27)12-10-18/h8-14,16H,2-7,15H2,1H3. The first-order valence-corrected chi connectivity index (χ1v) is 10.8. The average molecular weight is 411 g/mol. The van der Waals surface area contributed by atoms with Crippen molar-refractivity contribution in [1.29, 1.82) is 0 Å². The number of rotatable bonds is 7. The SMILES string of the molecule is CCCCCCCc1ccc2c(c1)Cc1c-2cc(F)c(-c2ccc(Cl)cc2)c1F. The van der Waals surface area contributed by atoms with Crippen LogP contribution in [-0.4, -0.2) is 0 Å². The van der Waals surface area contributed by atoms with Crippen molar-refractivity contribution in [3.05, 3.63) is 81.9 Å². The lowest BCUT2D eigenvalue weighted by Crippen LogP contribution is -1.96. The van der Waals surface area contributed by atoms with Gasteiger partial charge in [-0.25, -0.2) is 8.78 Å². The highest BCUT2D eigenvalue weighted by atomic mass is 35.5. The molecule has 0 nitrogen and oxygen atoms in total. The average Bonchev–Trinajstić information content (AvgIpc) is 3.07. The van der Waals surface area contributed by atoms with Crippen LogP contribution in [0, 0.1) is 11.6 Å². The molecule has 0 atom stereocenters. The monoisotopic (exact) mass is 410 g/mol. The molecule has 1 aliphatic carbocycles. The summed E-state index contributed by atoms with van der Waals surface area (Å²) in [6, 6.07) is 14.4. The predicted molar refractivity (Wildman–Crippen MR) is 118 cm³/mol. The van der Waals surface area contributed by atoms with Gasteiger partial charge in [0.15, 0.2) is 0 Å². The lowest BCUT2D eigenvalue weighted by Gasteiger charge is -2.10. The predicted octanol–water partition coefficient (Wildman–Crippen LogP) is 8.37. The van der Waals surface area contributed by atoms with Crippen molar-refractivity contribution in [2.45, 2.75) is 51.9 Å². The second-order valence-corrected chi connectivity index (χ2v) is 8.35. The first kappa shape index (κ1) is 20.1. The van der Waals surface area contributed by atoms with E-state index >= 15 is 4.39 Å². The fraction of sp³-hybridized carbons (Fsp3) is 0.308. The fourth-order valence-electron chi connectivity index (χ4n) is 4.29. The Hall–Kier alpha value is -2.19. The van der Waals surface area contributed by atoms with Crippen LogP contribution >= 0.6 is 11.6 Å². The van der Waals surface area contributed by atoms with E-state index in [-0.39, 0.29) is 5.56 Å². The van der Waals surface area contributed by atoms with Gasteiger partial charge in [-0.1, -0.05) is 74.5 Å². The van der Waals surface area contributed by atoms with E-state index in [2.05, 4.69) is 19.1 Å². The summed E-state index contributed by atoms with van der Waals surface area (Å²) in [7, 11) is 0. The van der Waals surface area contributed by atoms with E-state index in [1.165, 1.54) is 43.7 Å². The molecule has 29 heavy (non-hydrogen) atoms. The number of unbranched alkanes of at least 4 members (excludes halogenated alkanes) is 4. The van der Waals surface area contributed by atoms with Gasteiger partial charge < -0.3 is 0 Å². The maximum Gasteiger partial charge on any atom is 0.138 e. The van der Waals surface area contributed by atoms with Crippen LogP contribution in [0.4, 0.5) is 8.78 Å². The Bertz CT molecular complexity index is 1020. The molecule has 150 valence electrons. The van der Waals surface area contributed by atoms with Crippen molar-refractivity contribution in [3.8, 4) is 22.3 Å². The van der Waals surface area contributed by atoms with Gasteiger partial charge in [0.1, 0.15) is 11.6 Å². The Morgan fingerprint density at radius 1 is 0.862 bits per heavy atom. The molecule has 0 fully saturated rings. The molecule has 0 unspecified atom stereocenters. The molecular formula is C26H25ClF2. The zero-order valence-corrected chi connectivity index (χ0v) is 17.5. The van der Waals surface area contributed by atoms with Crippen molar-refractivity contribution < 1.29 is 8.78 Å². The van der Waals surface area contributed by atoms with Crippen LogP contribution in [0.1, 0.15) is 55.7 Å². The summed E-state index contributed by atoms with van der Waals surface area (Å²) in [5.41, 5.74) is 5.15. The molecule has 0 saturated carbocycles. The zero-order valence-electron chi connectivity index (χ0n) is 16.7. The first-order chi connectivity index (χ1) is 14.1. The lowest BCUT2D eigenvalue weighted by atomic mass is 9.97. The molecule has 0 amide bonds. The maximum absolute atomic E-state index is 15.3. The van der Waals surface area contributed by atoms with Crippen molar-refractivity contribution in [3.63, 3.8) is 0 Å². The Balaban J connectivity index is 1.60. The molecule has 3 aromatic carbocycles. The normalized spacial score (nSPS) is 12.1. The highest BCUT2D eigenvalue weighted by molar-refractivity contribution is 6.30. The van der Waals surface area contributed by atoms with Gasteiger partial charge in [-0.05, 0) is 58.9 Å². The lowest BCUT2D eigenvalue weighted by molar-refractivity contribution is 0.583. The van der Waals surface area contributed by atoms with E-state index in [1.54, 1.807) is 24.3 Å². The highest BCUT2D eigenvalue weighted by Crippen LogP contribution is 2.42. The Morgan fingerprint density at radius 2 is 1.62 bits per heavy atom. The molecule has 0 saturated heterocycles. The minimum absolute atomic E-state index is 0.0318. The largest absolute Gasteiger partial charge is 0.206 e. The minimum Gasteiger partial charge on any atom is -0.206 e. The number of benzene rings is 3. The molecule has 0 heterocycles. The third kappa shape index (κ3) is 4.09. The Labute approximate surface area is 176 Å². The second kappa shape index (κ2) is 8.67. The molecule has 0 aromatic heterocycles. The minimum atomic E-state index is -0.531. The summed E-state index contributed by atoms with van der Waals surface area (Å²) in [5.74, 6) is -0.990. The fourth-order valence-corrected chi connectivity index (χ4v) is 4.41. The molecule has 0 N–H and O–H groups in total. The van der Waals surface area contributed by atoms with Crippen LogP contribution in [0.15, 0.2) is 48.5 Å². The summed E-state index contributed by atoms with van der Waals surface area (Å²) < 4.78 is 30.2. The van der Waals surface area contributed by atoms with Crippen molar-refractivity contribution in [2.75, 3.05) is 0 Å². The van der Waals surface area contributed by atoms with Gasteiger partial charge in [0, 0.05) is 17.0 Å². The zero-order chi connectivity index (χ0) is 20.4. The second-order valence-electron chi connectivity index (χ2n) is 7.91. The molecular weight excluding hydrogens is 386 g/mol. The number of hydrogen-bond donors (Lipinski definition) is 0. The van der Waals surface area contributed by atoms with Crippen LogP contribution in [0.2, 0.25) is 5.02 Å². The highest BCUT2D eigenvalue weighted by Gasteiger charge is 2.27. The summed E-state index contributed by atoms with van der Waals surface area (Å²) in [6.45, 7) is 2.22. The van der Waals surface area contributed by atoms with Gasteiger partial charge in [0.25, 0.3) is 0 Å². The number of halogens is 3. The Kier molecular flexibility index (Phi) is 6.01. The smallest absolute Gasteiger partial charge is 0.138 e. The van der Waals surface area contributed by atoms with Crippen LogP contribution < -0.4 is 0 Å². The van der Waals surface area contributed by atoms with E-state index in [9.17, 15) is 4.39 Å². The van der Waals surface area contributed by atoms with E-state index in [0.29, 0.717) is 28.1 Å². The summed E-state index contributed by atoms with van der Waals surface area (Å²) in [4.78, 5) is 0. The summed E-state index contributed by atoms with van der Waals surface area (Å²) in [5, 5.41) is 0.547. The molecule has 0 aliphatic heterocycles. The van der Waals surface area contributed by atoms with Gasteiger partial charge in [-0.2, -0.15) is 0 Å². The number of aryl methyl sites for hydroxylation is 1. The quantitative estimate of drug-likeness (QED) is 0.268. The molecule has 1 aliphatic rings. The number of fused-ring (bicyclic) bond motifs is 3. The van der Waals surface area contributed by atoms with E-state index in [0.717, 1.165) is 17.5 Å². The summed E-state index contributed by atoms with van der Waals surface area (Å²) in [6.07, 6.45) is 7.80. The van der Waals surface area contributed by atoms with Gasteiger partial charge in [0.05, 0.1) is 5.56 Å². The van der Waals surface area contributed by atoms with Gasteiger partial charge >= 0.3 is 0 Å². The van der Waals surface area contributed by atoms with Crippen molar-refractivity contribution in [2.24, 2.45) is 0 Å². The van der Waals surface area contributed by atoms with Gasteiger partial charge in [-0.3, -0.25) is 0 Å². The molecule has 4 rings (SSSR count). The number of hydrogen-bond acceptors (Lipinski definition) is 0. The molecule has 0 bridgehead atoms. The van der Waals surface area contributed by atoms with Crippen molar-refractivity contribution in [1.82, 2.24) is 0 Å². The topological polar surface area (TPSA) is 0 Å². The molecule has 0 spiro atoms. The van der Waals surface area contributed by atoms with Crippen molar-refractivity contribution >= 4 is 11.6 Å². The van der Waals surface area contributed by atoms with Crippen LogP contribution in [-0.2, 0) is 12.8 Å². The molecule has 0 radical (unpaired) electrons. The molecule has 3 heteroatoms. The third-order valence-corrected chi connectivity index (χ3v) is 6.10. The first-order valence-electron chi connectivity index (χ1n) is 10.5. The van der Waals surface area contributed by atoms with E-state index in [1.807, 2.05) is 6.07 Å². The van der Waals surface area contributed by atoms with Gasteiger partial charge in [-0.15, -0.1) is 0 Å². The van der Waals surface area contributed by atoms with Crippen LogP contribution in [0.25, 0.3) is 22.3 Å². The van der Waals surface area contributed by atoms with Crippen LogP contribution in [0.3, 0.4) is 0 Å². The summed E-state index contributed by atoms with van der Waals surface area (Å²) >= 11 is 5.92. The third-order valence-electron chi connectivity index (χ3n) is 5.85.